The maximum Gasteiger partial charge on any atom is 0.293 e. The number of nitrogens with zero attached hydrogens (tertiary/aromatic N) is 4. The van der Waals surface area contributed by atoms with E-state index in [1.807, 2.05) is 18.2 Å². The SMILES string of the molecule is CNC(=O)COc1cc2cc(Cc3nc(N4CCC(C(=O)NCCOCCN)CC4)ncc3Cl)ccc2n(C)c1=O. The number of rotatable bonds is 12. The van der Waals surface area contributed by atoms with Gasteiger partial charge in [0.05, 0.1) is 35.6 Å². The van der Waals surface area contributed by atoms with Crippen LogP contribution in [0.15, 0.2) is 35.3 Å². The first kappa shape index (κ1) is 30.2. The second kappa shape index (κ2) is 14.2. The van der Waals surface area contributed by atoms with Crippen molar-refractivity contribution in [2.24, 2.45) is 18.7 Å². The van der Waals surface area contributed by atoms with E-state index in [2.05, 4.69) is 20.5 Å². The van der Waals surface area contributed by atoms with Gasteiger partial charge in [-0.05, 0) is 36.6 Å². The molecule has 12 nitrogen and oxygen atoms in total. The van der Waals surface area contributed by atoms with Crippen LogP contribution in [-0.2, 0) is 27.8 Å². The summed E-state index contributed by atoms with van der Waals surface area (Å²) in [5, 5.41) is 6.64. The smallest absolute Gasteiger partial charge is 0.293 e. The van der Waals surface area contributed by atoms with Gasteiger partial charge in [0.2, 0.25) is 11.9 Å². The molecule has 0 spiro atoms. The number of nitrogens with two attached hydrogens (primary N) is 1. The molecule has 1 aliphatic heterocycles. The van der Waals surface area contributed by atoms with Gasteiger partial charge in [-0.1, -0.05) is 17.7 Å². The highest BCUT2D eigenvalue weighted by Crippen LogP contribution is 2.25. The van der Waals surface area contributed by atoms with Crippen molar-refractivity contribution in [3.63, 3.8) is 0 Å². The van der Waals surface area contributed by atoms with Gasteiger partial charge in [-0.3, -0.25) is 14.4 Å². The average Bonchev–Trinajstić information content (AvgIpc) is 2.99. The Hall–Kier alpha value is -3.74. The van der Waals surface area contributed by atoms with Gasteiger partial charge < -0.3 is 35.3 Å². The molecule has 2 aromatic heterocycles. The van der Waals surface area contributed by atoms with Gasteiger partial charge >= 0.3 is 0 Å². The summed E-state index contributed by atoms with van der Waals surface area (Å²) in [5.41, 5.74) is 7.42. The second-order valence-corrected chi connectivity index (χ2v) is 10.2. The minimum Gasteiger partial charge on any atom is -0.478 e. The van der Waals surface area contributed by atoms with E-state index < -0.39 is 0 Å². The van der Waals surface area contributed by atoms with Crippen molar-refractivity contribution in [2.75, 3.05) is 57.9 Å². The Morgan fingerprint density at radius 3 is 2.71 bits per heavy atom. The van der Waals surface area contributed by atoms with Crippen molar-refractivity contribution in [2.45, 2.75) is 19.3 Å². The van der Waals surface area contributed by atoms with Gasteiger partial charge in [-0.15, -0.1) is 0 Å². The lowest BCUT2D eigenvalue weighted by Gasteiger charge is -2.31. The Balaban J connectivity index is 1.42. The van der Waals surface area contributed by atoms with E-state index in [0.29, 0.717) is 75.3 Å². The molecule has 3 aromatic rings. The number of carbonyl (C=O) groups excluding carboxylic acids is 2. The number of pyridine rings is 1. The predicted molar refractivity (Wildman–Crippen MR) is 156 cm³/mol. The third-order valence-corrected chi connectivity index (χ3v) is 7.34. The molecular weight excluding hydrogens is 550 g/mol. The highest BCUT2D eigenvalue weighted by molar-refractivity contribution is 6.31. The Kier molecular flexibility index (Phi) is 10.5. The number of aromatic nitrogens is 3. The van der Waals surface area contributed by atoms with Gasteiger partial charge in [0, 0.05) is 58.0 Å². The highest BCUT2D eigenvalue weighted by Gasteiger charge is 2.26. The summed E-state index contributed by atoms with van der Waals surface area (Å²) in [5.74, 6) is 0.319. The number of ether oxygens (including phenoxy) is 2. The Morgan fingerprint density at radius 1 is 1.20 bits per heavy atom. The van der Waals surface area contributed by atoms with E-state index in [1.54, 1.807) is 19.3 Å². The number of likely N-dealkylation sites (N-methyl/N-ethyl adjacent to an activating group) is 1. The van der Waals surface area contributed by atoms with E-state index in [4.69, 9.17) is 31.8 Å². The van der Waals surface area contributed by atoms with E-state index in [9.17, 15) is 14.4 Å². The molecule has 41 heavy (non-hydrogen) atoms. The molecule has 3 heterocycles. The average molecular weight is 586 g/mol. The van der Waals surface area contributed by atoms with Crippen molar-refractivity contribution in [1.82, 2.24) is 25.2 Å². The van der Waals surface area contributed by atoms with Crippen molar-refractivity contribution in [3.05, 3.63) is 57.1 Å². The highest BCUT2D eigenvalue weighted by atomic mass is 35.5. The van der Waals surface area contributed by atoms with E-state index in [-0.39, 0.29) is 35.6 Å². The summed E-state index contributed by atoms with van der Waals surface area (Å²) < 4.78 is 12.3. The normalized spacial score (nSPS) is 13.8. The predicted octanol–water partition coefficient (Wildman–Crippen LogP) is 1.01. The van der Waals surface area contributed by atoms with Gasteiger partial charge in [0.25, 0.3) is 11.5 Å². The maximum absolute atomic E-state index is 12.7. The van der Waals surface area contributed by atoms with E-state index in [1.165, 1.54) is 11.6 Å². The zero-order valence-corrected chi connectivity index (χ0v) is 24.1. The van der Waals surface area contributed by atoms with Crippen LogP contribution in [0.1, 0.15) is 24.1 Å². The summed E-state index contributed by atoms with van der Waals surface area (Å²) in [7, 11) is 3.17. The molecule has 0 saturated carbocycles. The first-order valence-corrected chi connectivity index (χ1v) is 14.0. The van der Waals surface area contributed by atoms with Crippen LogP contribution < -0.4 is 31.6 Å². The molecule has 1 aromatic carbocycles. The molecule has 2 amide bonds. The number of halogens is 1. The van der Waals surface area contributed by atoms with Gasteiger partial charge in [-0.25, -0.2) is 9.97 Å². The van der Waals surface area contributed by atoms with E-state index >= 15 is 0 Å². The van der Waals surface area contributed by atoms with Gasteiger partial charge in [-0.2, -0.15) is 0 Å². The van der Waals surface area contributed by atoms with Crippen LogP contribution in [0.3, 0.4) is 0 Å². The first-order chi connectivity index (χ1) is 19.8. The van der Waals surface area contributed by atoms with Crippen LogP contribution in [0.2, 0.25) is 5.02 Å². The fourth-order valence-corrected chi connectivity index (χ4v) is 4.87. The third-order valence-electron chi connectivity index (χ3n) is 7.02. The summed E-state index contributed by atoms with van der Waals surface area (Å²) in [6.07, 6.45) is 3.45. The molecule has 0 bridgehead atoms. The lowest BCUT2D eigenvalue weighted by Crippen LogP contribution is -2.42. The molecule has 220 valence electrons. The quantitative estimate of drug-likeness (QED) is 0.264. The van der Waals surface area contributed by atoms with Crippen LogP contribution in [0, 0.1) is 5.92 Å². The number of amides is 2. The number of benzene rings is 1. The van der Waals surface area contributed by atoms with Gasteiger partial charge in [0.15, 0.2) is 12.4 Å². The minimum absolute atomic E-state index is 0.0368. The number of piperidine rings is 1. The first-order valence-electron chi connectivity index (χ1n) is 13.6. The van der Waals surface area contributed by atoms with Crippen molar-refractivity contribution >= 4 is 40.3 Å². The minimum atomic E-state index is -0.327. The lowest BCUT2D eigenvalue weighted by atomic mass is 9.96. The molecule has 1 saturated heterocycles. The second-order valence-electron chi connectivity index (χ2n) is 9.82. The standard InChI is InChI=1S/C28H36ClN7O5/c1-31-25(37)17-41-24-15-20-13-18(3-4-23(20)35(2)27(24)39)14-22-21(29)16-33-28(34-22)36-9-5-19(6-10-36)26(38)32-8-12-40-11-7-30/h3-4,13,15-16,19H,5-12,14,17,30H2,1-2H3,(H,31,37)(H,32,38). The number of aryl methyl sites for hydroxylation is 1. The molecule has 13 heteroatoms. The van der Waals surface area contributed by atoms with Gasteiger partial charge in [0.1, 0.15) is 0 Å². The van der Waals surface area contributed by atoms with Crippen molar-refractivity contribution in [1.29, 1.82) is 0 Å². The Labute approximate surface area is 243 Å². The monoisotopic (exact) mass is 585 g/mol. The van der Waals surface area contributed by atoms with Crippen LogP contribution in [-0.4, -0.2) is 79.4 Å². The summed E-state index contributed by atoms with van der Waals surface area (Å²) in [6.45, 7) is 2.93. The van der Waals surface area contributed by atoms with Crippen molar-refractivity contribution < 1.29 is 19.1 Å². The molecule has 1 fully saturated rings. The fraction of sp³-hybridized carbons (Fsp3) is 0.464. The number of anilines is 1. The van der Waals surface area contributed by atoms with Crippen LogP contribution >= 0.6 is 11.6 Å². The van der Waals surface area contributed by atoms with Crippen LogP contribution in [0.4, 0.5) is 5.95 Å². The van der Waals surface area contributed by atoms with Crippen LogP contribution in [0.25, 0.3) is 10.9 Å². The molecule has 0 atom stereocenters. The lowest BCUT2D eigenvalue weighted by molar-refractivity contribution is -0.126. The van der Waals surface area contributed by atoms with Crippen molar-refractivity contribution in [3.8, 4) is 5.75 Å². The molecule has 0 unspecified atom stereocenters. The molecule has 0 aliphatic carbocycles. The zero-order chi connectivity index (χ0) is 29.4. The maximum atomic E-state index is 12.7. The Bertz CT molecular complexity index is 1440. The summed E-state index contributed by atoms with van der Waals surface area (Å²) >= 11 is 6.49. The number of fused-ring (bicyclic) bond motifs is 1. The third kappa shape index (κ3) is 7.72. The largest absolute Gasteiger partial charge is 0.478 e. The fourth-order valence-electron chi connectivity index (χ4n) is 4.71. The summed E-state index contributed by atoms with van der Waals surface area (Å²) in [6, 6.07) is 7.39. The van der Waals surface area contributed by atoms with E-state index in [0.717, 1.165) is 16.5 Å². The summed E-state index contributed by atoms with van der Waals surface area (Å²) in [4.78, 5) is 48.0. The zero-order valence-electron chi connectivity index (χ0n) is 23.3. The molecular formula is C28H36ClN7O5. The molecule has 1 aliphatic rings. The number of hydrogen-bond donors (Lipinski definition) is 3. The number of nitrogens with one attached hydrogen (secondary N) is 2. The Morgan fingerprint density at radius 2 is 1.98 bits per heavy atom. The number of hydrogen-bond acceptors (Lipinski definition) is 9. The molecule has 4 rings (SSSR count). The topological polar surface area (TPSA) is 154 Å². The van der Waals surface area contributed by atoms with Crippen LogP contribution in [0.5, 0.6) is 5.75 Å². The molecule has 4 N–H and O–H groups in total. The number of carbonyl (C=O) groups is 2. The molecule has 0 radical (unpaired) electrons.